The molecule has 1 heterocycles. The van der Waals surface area contributed by atoms with Gasteiger partial charge in [-0.15, -0.1) is 13.2 Å². The summed E-state index contributed by atoms with van der Waals surface area (Å²) < 4.78 is 58.4. The number of esters is 1. The predicted octanol–water partition coefficient (Wildman–Crippen LogP) is 1.68. The molecule has 112 valence electrons. The van der Waals surface area contributed by atoms with Crippen molar-refractivity contribution < 1.29 is 31.8 Å². The standard InChI is InChI=1S/C11H12F4N2O3/c1-2-19-9(18)4-6-3-8(20-11(13,14)15)7(5-16)10(12)17-6/h3H,2,4-5,16H2,1H3. The number of halogens is 4. The van der Waals surface area contributed by atoms with Gasteiger partial charge in [-0.05, 0) is 6.92 Å². The lowest BCUT2D eigenvalue weighted by Crippen LogP contribution is -2.20. The number of hydrogen-bond acceptors (Lipinski definition) is 5. The van der Waals surface area contributed by atoms with E-state index in [1.54, 1.807) is 6.92 Å². The third-order valence-corrected chi connectivity index (χ3v) is 2.15. The molecule has 1 aromatic heterocycles. The average molecular weight is 296 g/mol. The molecule has 0 radical (unpaired) electrons. The molecule has 0 unspecified atom stereocenters. The van der Waals surface area contributed by atoms with Gasteiger partial charge in [-0.2, -0.15) is 4.39 Å². The number of carbonyl (C=O) groups is 1. The predicted molar refractivity (Wildman–Crippen MR) is 59.1 cm³/mol. The third kappa shape index (κ3) is 4.65. The zero-order valence-electron chi connectivity index (χ0n) is 10.5. The Bertz CT molecular complexity index is 491. The monoisotopic (exact) mass is 296 g/mol. The molecule has 5 nitrogen and oxygen atoms in total. The Morgan fingerprint density at radius 1 is 1.45 bits per heavy atom. The second-order valence-electron chi connectivity index (χ2n) is 3.61. The lowest BCUT2D eigenvalue weighted by Gasteiger charge is -2.14. The first kappa shape index (κ1) is 16.2. The summed E-state index contributed by atoms with van der Waals surface area (Å²) in [4.78, 5) is 14.6. The zero-order valence-corrected chi connectivity index (χ0v) is 10.5. The van der Waals surface area contributed by atoms with E-state index in [2.05, 4.69) is 14.5 Å². The minimum atomic E-state index is -5.00. The molecule has 0 aliphatic rings. The number of nitrogens with zero attached hydrogens (tertiary/aromatic N) is 1. The summed E-state index contributed by atoms with van der Waals surface area (Å²) >= 11 is 0. The first-order valence-electron chi connectivity index (χ1n) is 5.56. The number of aromatic nitrogens is 1. The topological polar surface area (TPSA) is 74.4 Å². The Labute approximate surface area is 111 Å². The van der Waals surface area contributed by atoms with Gasteiger partial charge < -0.3 is 15.2 Å². The fourth-order valence-electron chi connectivity index (χ4n) is 1.42. The molecule has 1 rings (SSSR count). The maximum Gasteiger partial charge on any atom is 0.573 e. The van der Waals surface area contributed by atoms with Gasteiger partial charge in [0.2, 0.25) is 5.95 Å². The SMILES string of the molecule is CCOC(=O)Cc1cc(OC(F)(F)F)c(CN)c(F)n1. The van der Waals surface area contributed by atoms with Crippen LogP contribution in [0, 0.1) is 5.95 Å². The summed E-state index contributed by atoms with van der Waals surface area (Å²) in [5.41, 5.74) is 4.39. The van der Waals surface area contributed by atoms with Crippen molar-refractivity contribution in [2.24, 2.45) is 5.73 Å². The van der Waals surface area contributed by atoms with E-state index < -0.39 is 42.6 Å². The van der Waals surface area contributed by atoms with Crippen molar-refractivity contribution in [3.05, 3.63) is 23.3 Å². The molecule has 9 heteroatoms. The third-order valence-electron chi connectivity index (χ3n) is 2.15. The Kier molecular flexibility index (Phi) is 5.26. The van der Waals surface area contributed by atoms with Gasteiger partial charge in [0.1, 0.15) is 5.75 Å². The lowest BCUT2D eigenvalue weighted by atomic mass is 10.2. The van der Waals surface area contributed by atoms with Crippen LogP contribution in [0.4, 0.5) is 17.6 Å². The van der Waals surface area contributed by atoms with E-state index in [1.165, 1.54) is 0 Å². The van der Waals surface area contributed by atoms with Crippen molar-refractivity contribution in [3.8, 4) is 5.75 Å². The highest BCUT2D eigenvalue weighted by atomic mass is 19.4. The van der Waals surface area contributed by atoms with E-state index in [0.717, 1.165) is 6.07 Å². The molecule has 2 N–H and O–H groups in total. The second-order valence-corrected chi connectivity index (χ2v) is 3.61. The maximum atomic E-state index is 13.5. The fourth-order valence-corrected chi connectivity index (χ4v) is 1.42. The van der Waals surface area contributed by atoms with Crippen LogP contribution in [0.25, 0.3) is 0 Å². The van der Waals surface area contributed by atoms with Crippen molar-refractivity contribution in [1.82, 2.24) is 4.98 Å². The fraction of sp³-hybridized carbons (Fsp3) is 0.455. The molecule has 0 amide bonds. The summed E-state index contributed by atoms with van der Waals surface area (Å²) in [5, 5.41) is 0. The van der Waals surface area contributed by atoms with Crippen LogP contribution in [-0.4, -0.2) is 23.9 Å². The molecular weight excluding hydrogens is 284 g/mol. The Hall–Kier alpha value is -1.90. The van der Waals surface area contributed by atoms with Crippen LogP contribution in [0.5, 0.6) is 5.75 Å². The highest BCUT2D eigenvalue weighted by Gasteiger charge is 2.33. The van der Waals surface area contributed by atoms with Gasteiger partial charge in [0.25, 0.3) is 0 Å². The summed E-state index contributed by atoms with van der Waals surface area (Å²) in [6.45, 7) is 1.12. The van der Waals surface area contributed by atoms with Crippen LogP contribution >= 0.6 is 0 Å². The van der Waals surface area contributed by atoms with E-state index in [0.29, 0.717) is 0 Å². The Morgan fingerprint density at radius 3 is 2.60 bits per heavy atom. The van der Waals surface area contributed by atoms with Crippen molar-refractivity contribution in [3.63, 3.8) is 0 Å². The first-order chi connectivity index (χ1) is 9.26. The average Bonchev–Trinajstić information content (AvgIpc) is 2.26. The van der Waals surface area contributed by atoms with Crippen molar-refractivity contribution in [1.29, 1.82) is 0 Å². The molecule has 0 aliphatic carbocycles. The molecule has 20 heavy (non-hydrogen) atoms. The molecule has 0 bridgehead atoms. The number of ether oxygens (including phenoxy) is 2. The summed E-state index contributed by atoms with van der Waals surface area (Å²) in [6, 6.07) is 0.815. The van der Waals surface area contributed by atoms with Gasteiger partial charge in [0, 0.05) is 12.6 Å². The van der Waals surface area contributed by atoms with Crippen LogP contribution in [0.15, 0.2) is 6.07 Å². The molecule has 0 aromatic carbocycles. The van der Waals surface area contributed by atoms with E-state index in [9.17, 15) is 22.4 Å². The van der Waals surface area contributed by atoms with Crippen LogP contribution in [-0.2, 0) is 22.5 Å². The molecule has 0 saturated carbocycles. The number of nitrogens with two attached hydrogens (primary N) is 1. The molecule has 1 aromatic rings. The van der Waals surface area contributed by atoms with Crippen LogP contribution in [0.3, 0.4) is 0 Å². The number of pyridine rings is 1. The summed E-state index contributed by atoms with van der Waals surface area (Å²) in [5.74, 6) is -2.77. The van der Waals surface area contributed by atoms with Crippen molar-refractivity contribution in [2.45, 2.75) is 26.3 Å². The largest absolute Gasteiger partial charge is 0.573 e. The van der Waals surface area contributed by atoms with Gasteiger partial charge in [-0.25, -0.2) is 4.98 Å². The van der Waals surface area contributed by atoms with Gasteiger partial charge in [0.05, 0.1) is 24.3 Å². The quantitative estimate of drug-likeness (QED) is 0.508. The van der Waals surface area contributed by atoms with Gasteiger partial charge in [-0.1, -0.05) is 0 Å². The molecule has 0 saturated heterocycles. The van der Waals surface area contributed by atoms with Gasteiger partial charge in [-0.3, -0.25) is 4.79 Å². The van der Waals surface area contributed by atoms with Crippen LogP contribution in [0.2, 0.25) is 0 Å². The number of hydrogen-bond donors (Lipinski definition) is 1. The summed E-state index contributed by atoms with van der Waals surface area (Å²) in [7, 11) is 0. The van der Waals surface area contributed by atoms with Crippen molar-refractivity contribution >= 4 is 5.97 Å². The molecule has 0 fully saturated rings. The number of rotatable bonds is 5. The highest BCUT2D eigenvalue weighted by Crippen LogP contribution is 2.28. The molecule has 0 atom stereocenters. The number of carbonyl (C=O) groups excluding carboxylic acids is 1. The molecule has 0 spiro atoms. The van der Waals surface area contributed by atoms with Crippen LogP contribution < -0.4 is 10.5 Å². The lowest BCUT2D eigenvalue weighted by molar-refractivity contribution is -0.275. The molecule has 0 aliphatic heterocycles. The van der Waals surface area contributed by atoms with E-state index >= 15 is 0 Å². The highest BCUT2D eigenvalue weighted by molar-refractivity contribution is 5.72. The van der Waals surface area contributed by atoms with Gasteiger partial charge in [0.15, 0.2) is 0 Å². The minimum absolute atomic E-state index is 0.0914. The zero-order chi connectivity index (χ0) is 15.3. The number of alkyl halides is 3. The smallest absolute Gasteiger partial charge is 0.466 e. The minimum Gasteiger partial charge on any atom is -0.466 e. The Balaban J connectivity index is 3.07. The summed E-state index contributed by atoms with van der Waals surface area (Å²) in [6.07, 6.45) is -5.47. The second kappa shape index (κ2) is 6.51. The normalized spacial score (nSPS) is 11.3. The van der Waals surface area contributed by atoms with Crippen LogP contribution in [0.1, 0.15) is 18.2 Å². The molecular formula is C11H12F4N2O3. The van der Waals surface area contributed by atoms with Crippen molar-refractivity contribution in [2.75, 3.05) is 6.61 Å². The Morgan fingerprint density at radius 2 is 2.10 bits per heavy atom. The first-order valence-corrected chi connectivity index (χ1v) is 5.56. The van der Waals surface area contributed by atoms with Gasteiger partial charge >= 0.3 is 12.3 Å². The van der Waals surface area contributed by atoms with E-state index in [-0.39, 0.29) is 12.3 Å². The maximum absolute atomic E-state index is 13.5. The van der Waals surface area contributed by atoms with E-state index in [1.807, 2.05) is 0 Å². The van der Waals surface area contributed by atoms with E-state index in [4.69, 9.17) is 5.73 Å².